The summed E-state index contributed by atoms with van der Waals surface area (Å²) in [6, 6.07) is 5.88. The summed E-state index contributed by atoms with van der Waals surface area (Å²) in [6.45, 7) is 3.40. The Morgan fingerprint density at radius 2 is 1.96 bits per heavy atom. The van der Waals surface area contributed by atoms with Crippen LogP contribution in [0.5, 0.6) is 17.2 Å². The van der Waals surface area contributed by atoms with Crippen LogP contribution in [0, 0.1) is 0 Å². The normalized spacial score (nSPS) is 12.8. The summed E-state index contributed by atoms with van der Waals surface area (Å²) in [6.07, 6.45) is 1.22. The van der Waals surface area contributed by atoms with Gasteiger partial charge in [-0.15, -0.1) is 0 Å². The summed E-state index contributed by atoms with van der Waals surface area (Å²) in [4.78, 5) is 24.8. The third kappa shape index (κ3) is 2.52. The summed E-state index contributed by atoms with van der Waals surface area (Å²) >= 11 is 0. The van der Waals surface area contributed by atoms with Crippen molar-refractivity contribution in [2.45, 2.75) is 33.3 Å². The topological polar surface area (TPSA) is 83.8 Å². The molecule has 2 N–H and O–H groups in total. The van der Waals surface area contributed by atoms with Gasteiger partial charge in [-0.05, 0) is 37.6 Å². The first-order valence-corrected chi connectivity index (χ1v) is 7.83. The van der Waals surface area contributed by atoms with Crippen molar-refractivity contribution in [3.63, 3.8) is 0 Å². The molecule has 0 saturated heterocycles. The molecule has 24 heavy (non-hydrogen) atoms. The molecule has 0 atom stereocenters. The van der Waals surface area contributed by atoms with Crippen LogP contribution in [0.4, 0.5) is 0 Å². The standard InChI is InChI=1S/C19H18O5/c1-3-4-14-18(23)15(10(2)20)8-16-17(22)13-6-5-12(21)7-11(13)9-24-19(14)16/h5-8,21,23H,3-4,9H2,1-2H3. The van der Waals surface area contributed by atoms with E-state index >= 15 is 0 Å². The lowest BCUT2D eigenvalue weighted by Crippen LogP contribution is -2.07. The summed E-state index contributed by atoms with van der Waals surface area (Å²) in [7, 11) is 0. The van der Waals surface area contributed by atoms with E-state index in [1.807, 2.05) is 6.92 Å². The van der Waals surface area contributed by atoms with Crippen LogP contribution in [0.1, 0.15) is 57.7 Å². The maximum atomic E-state index is 12.9. The van der Waals surface area contributed by atoms with Crippen LogP contribution in [-0.2, 0) is 13.0 Å². The first-order valence-electron chi connectivity index (χ1n) is 7.83. The monoisotopic (exact) mass is 326 g/mol. The SMILES string of the molecule is CCCc1c(O)c(C(C)=O)cc2c1OCc1cc(O)ccc1C2=O. The molecule has 0 spiro atoms. The summed E-state index contributed by atoms with van der Waals surface area (Å²) in [5, 5.41) is 20.1. The van der Waals surface area contributed by atoms with E-state index < -0.39 is 0 Å². The van der Waals surface area contributed by atoms with Crippen molar-refractivity contribution < 1.29 is 24.5 Å². The fourth-order valence-electron chi connectivity index (χ4n) is 3.01. The zero-order valence-electron chi connectivity index (χ0n) is 13.5. The largest absolute Gasteiger partial charge is 0.508 e. The molecule has 3 rings (SSSR count). The van der Waals surface area contributed by atoms with Crippen molar-refractivity contribution in [2.24, 2.45) is 0 Å². The Hall–Kier alpha value is -2.82. The number of phenols is 2. The molecule has 0 bridgehead atoms. The molecule has 0 saturated carbocycles. The van der Waals surface area contributed by atoms with Gasteiger partial charge in [0.1, 0.15) is 23.9 Å². The van der Waals surface area contributed by atoms with E-state index in [0.29, 0.717) is 28.9 Å². The van der Waals surface area contributed by atoms with E-state index in [-0.39, 0.29) is 40.8 Å². The zero-order valence-corrected chi connectivity index (χ0v) is 13.5. The van der Waals surface area contributed by atoms with E-state index in [1.165, 1.54) is 25.1 Å². The second kappa shape index (κ2) is 6.00. The molecule has 0 aromatic heterocycles. The van der Waals surface area contributed by atoms with Gasteiger partial charge in [-0.1, -0.05) is 13.3 Å². The maximum Gasteiger partial charge on any atom is 0.197 e. The smallest absolute Gasteiger partial charge is 0.197 e. The second-order valence-corrected chi connectivity index (χ2v) is 5.89. The van der Waals surface area contributed by atoms with Gasteiger partial charge in [0, 0.05) is 16.7 Å². The molecule has 0 fully saturated rings. The van der Waals surface area contributed by atoms with Crippen LogP contribution in [0.3, 0.4) is 0 Å². The van der Waals surface area contributed by atoms with Crippen LogP contribution in [-0.4, -0.2) is 21.8 Å². The first kappa shape index (κ1) is 16.1. The Morgan fingerprint density at radius 3 is 2.62 bits per heavy atom. The molecule has 0 radical (unpaired) electrons. The number of phenolic OH excluding ortho intramolecular Hbond substituents is 2. The van der Waals surface area contributed by atoms with E-state index in [0.717, 1.165) is 6.42 Å². The highest BCUT2D eigenvalue weighted by Crippen LogP contribution is 2.40. The number of carbonyl (C=O) groups is 2. The number of hydrogen-bond acceptors (Lipinski definition) is 5. The van der Waals surface area contributed by atoms with Crippen LogP contribution in [0.15, 0.2) is 24.3 Å². The summed E-state index contributed by atoms with van der Waals surface area (Å²) < 4.78 is 5.80. The fourth-order valence-corrected chi connectivity index (χ4v) is 3.01. The van der Waals surface area contributed by atoms with Crippen LogP contribution < -0.4 is 4.74 Å². The number of hydrogen-bond donors (Lipinski definition) is 2. The molecular weight excluding hydrogens is 308 g/mol. The predicted octanol–water partition coefficient (Wildman–Crippen LogP) is 3.38. The van der Waals surface area contributed by atoms with E-state index in [4.69, 9.17) is 4.74 Å². The fraction of sp³-hybridized carbons (Fsp3) is 0.263. The molecule has 1 heterocycles. The van der Waals surface area contributed by atoms with Crippen molar-refractivity contribution in [2.75, 3.05) is 0 Å². The lowest BCUT2D eigenvalue weighted by Gasteiger charge is -2.16. The van der Waals surface area contributed by atoms with Gasteiger partial charge in [-0.2, -0.15) is 0 Å². The minimum Gasteiger partial charge on any atom is -0.508 e. The molecular formula is C19H18O5. The van der Waals surface area contributed by atoms with Crippen molar-refractivity contribution in [1.29, 1.82) is 0 Å². The number of benzene rings is 2. The quantitative estimate of drug-likeness (QED) is 0.845. The van der Waals surface area contributed by atoms with Crippen molar-refractivity contribution >= 4 is 11.6 Å². The van der Waals surface area contributed by atoms with Gasteiger partial charge < -0.3 is 14.9 Å². The average Bonchev–Trinajstić information content (AvgIpc) is 2.67. The Bertz CT molecular complexity index is 851. The Labute approximate surface area is 139 Å². The Morgan fingerprint density at radius 1 is 1.21 bits per heavy atom. The number of ether oxygens (including phenoxy) is 1. The predicted molar refractivity (Wildman–Crippen MR) is 88.0 cm³/mol. The molecule has 1 aliphatic rings. The number of fused-ring (bicyclic) bond motifs is 2. The summed E-state index contributed by atoms with van der Waals surface area (Å²) in [5.74, 6) is -0.338. The lowest BCUT2D eigenvalue weighted by atomic mass is 9.92. The third-order valence-corrected chi connectivity index (χ3v) is 4.18. The molecule has 0 unspecified atom stereocenters. The van der Waals surface area contributed by atoms with Crippen LogP contribution in [0.25, 0.3) is 0 Å². The van der Waals surface area contributed by atoms with Gasteiger partial charge in [0.15, 0.2) is 11.6 Å². The van der Waals surface area contributed by atoms with Gasteiger partial charge >= 0.3 is 0 Å². The molecule has 5 nitrogen and oxygen atoms in total. The number of Topliss-reactive ketones (excluding diaryl/α,β-unsaturated/α-hetero) is 1. The Balaban J connectivity index is 2.27. The molecule has 1 aliphatic heterocycles. The van der Waals surface area contributed by atoms with Crippen molar-refractivity contribution in [1.82, 2.24) is 0 Å². The molecule has 5 heteroatoms. The molecule has 0 amide bonds. The third-order valence-electron chi connectivity index (χ3n) is 4.18. The number of aromatic hydroxyl groups is 2. The van der Waals surface area contributed by atoms with Gasteiger partial charge in [0.05, 0.1) is 11.1 Å². The highest BCUT2D eigenvalue weighted by atomic mass is 16.5. The van der Waals surface area contributed by atoms with Gasteiger partial charge in [-0.25, -0.2) is 0 Å². The Kier molecular flexibility index (Phi) is 4.01. The van der Waals surface area contributed by atoms with Gasteiger partial charge in [0.25, 0.3) is 0 Å². The van der Waals surface area contributed by atoms with E-state index in [1.54, 1.807) is 6.07 Å². The maximum absolute atomic E-state index is 12.9. The molecule has 0 aliphatic carbocycles. The minimum absolute atomic E-state index is 0.0529. The average molecular weight is 326 g/mol. The first-order chi connectivity index (χ1) is 11.4. The van der Waals surface area contributed by atoms with Crippen molar-refractivity contribution in [3.8, 4) is 17.2 Å². The number of carbonyl (C=O) groups excluding carboxylic acids is 2. The molecule has 2 aromatic rings. The number of ketones is 2. The van der Waals surface area contributed by atoms with Crippen molar-refractivity contribution in [3.05, 3.63) is 52.1 Å². The highest BCUT2D eigenvalue weighted by Gasteiger charge is 2.28. The minimum atomic E-state index is -0.310. The lowest BCUT2D eigenvalue weighted by molar-refractivity contribution is 0.101. The number of rotatable bonds is 3. The zero-order chi connectivity index (χ0) is 17.4. The van der Waals surface area contributed by atoms with Crippen LogP contribution in [0.2, 0.25) is 0 Å². The van der Waals surface area contributed by atoms with E-state index in [2.05, 4.69) is 0 Å². The molecule has 124 valence electrons. The van der Waals surface area contributed by atoms with Gasteiger partial charge in [-0.3, -0.25) is 9.59 Å². The van der Waals surface area contributed by atoms with E-state index in [9.17, 15) is 19.8 Å². The van der Waals surface area contributed by atoms with Crippen LogP contribution >= 0.6 is 0 Å². The molecule has 2 aromatic carbocycles. The summed E-state index contributed by atoms with van der Waals surface area (Å²) in [5.41, 5.74) is 1.87. The second-order valence-electron chi connectivity index (χ2n) is 5.89. The highest BCUT2D eigenvalue weighted by molar-refractivity contribution is 6.14. The van der Waals surface area contributed by atoms with Gasteiger partial charge in [0.2, 0.25) is 0 Å².